The molecule has 3 rings (SSSR count). The van der Waals surface area contributed by atoms with Gasteiger partial charge < -0.3 is 10.1 Å². The number of benzene rings is 3. The predicted molar refractivity (Wildman–Crippen MR) is 120 cm³/mol. The van der Waals surface area contributed by atoms with Crippen LogP contribution in [0.4, 0.5) is 11.4 Å². The van der Waals surface area contributed by atoms with Crippen molar-refractivity contribution in [1.82, 2.24) is 0 Å². The zero-order chi connectivity index (χ0) is 21.6. The standard InChI is InChI=1S/C23H22N2O4S/c1-17-8-13-22(29-2)21(16-17)24-23(26)19-9-11-20(12-10-19)25-30(27,28)15-14-18-6-4-3-5-7-18/h3-16,25H,1-2H3,(H,24,26). The third-order valence-electron chi connectivity index (χ3n) is 4.25. The molecule has 0 aliphatic heterocycles. The van der Waals surface area contributed by atoms with Crippen molar-refractivity contribution in [3.8, 4) is 5.75 Å². The first kappa shape index (κ1) is 21.1. The van der Waals surface area contributed by atoms with E-state index in [-0.39, 0.29) is 5.91 Å². The molecule has 2 N–H and O–H groups in total. The summed E-state index contributed by atoms with van der Waals surface area (Å²) in [5.41, 5.74) is 3.08. The first-order valence-corrected chi connectivity index (χ1v) is 10.7. The van der Waals surface area contributed by atoms with Gasteiger partial charge in [-0.2, -0.15) is 0 Å². The summed E-state index contributed by atoms with van der Waals surface area (Å²) in [4.78, 5) is 12.5. The molecule has 0 spiro atoms. The number of ether oxygens (including phenoxy) is 1. The van der Waals surface area contributed by atoms with Crippen LogP contribution < -0.4 is 14.8 Å². The minimum absolute atomic E-state index is 0.322. The number of anilines is 2. The van der Waals surface area contributed by atoms with Gasteiger partial charge in [-0.3, -0.25) is 9.52 Å². The summed E-state index contributed by atoms with van der Waals surface area (Å²) < 4.78 is 32.2. The van der Waals surface area contributed by atoms with Gasteiger partial charge in [-0.25, -0.2) is 8.42 Å². The van der Waals surface area contributed by atoms with Crippen LogP contribution in [0.3, 0.4) is 0 Å². The number of rotatable bonds is 7. The number of methoxy groups -OCH3 is 1. The van der Waals surface area contributed by atoms with E-state index in [1.807, 2.05) is 49.4 Å². The summed E-state index contributed by atoms with van der Waals surface area (Å²) in [6, 6.07) is 20.8. The number of hydrogen-bond acceptors (Lipinski definition) is 4. The molecule has 0 atom stereocenters. The van der Waals surface area contributed by atoms with Crippen LogP contribution in [0, 0.1) is 6.92 Å². The molecule has 3 aromatic rings. The Labute approximate surface area is 176 Å². The zero-order valence-corrected chi connectivity index (χ0v) is 17.4. The van der Waals surface area contributed by atoms with Crippen molar-refractivity contribution >= 4 is 33.4 Å². The fourth-order valence-corrected chi connectivity index (χ4v) is 3.60. The van der Waals surface area contributed by atoms with E-state index >= 15 is 0 Å². The van der Waals surface area contributed by atoms with Crippen LogP contribution >= 0.6 is 0 Å². The second kappa shape index (κ2) is 9.28. The lowest BCUT2D eigenvalue weighted by Crippen LogP contribution is -2.13. The minimum atomic E-state index is -3.68. The Morgan fingerprint density at radius 2 is 1.67 bits per heavy atom. The summed E-state index contributed by atoms with van der Waals surface area (Å²) in [5, 5.41) is 3.92. The lowest BCUT2D eigenvalue weighted by Gasteiger charge is -2.11. The lowest BCUT2D eigenvalue weighted by molar-refractivity contribution is 0.102. The van der Waals surface area contributed by atoms with Crippen LogP contribution in [0.5, 0.6) is 5.75 Å². The fourth-order valence-electron chi connectivity index (χ4n) is 2.73. The molecule has 0 saturated carbocycles. The van der Waals surface area contributed by atoms with E-state index in [9.17, 15) is 13.2 Å². The zero-order valence-electron chi connectivity index (χ0n) is 16.6. The van der Waals surface area contributed by atoms with Crippen molar-refractivity contribution in [3.05, 3.63) is 94.9 Å². The molecule has 0 aliphatic carbocycles. The molecule has 0 aliphatic rings. The highest BCUT2D eigenvalue weighted by molar-refractivity contribution is 7.95. The van der Waals surface area contributed by atoms with Crippen LogP contribution in [0.1, 0.15) is 21.5 Å². The summed E-state index contributed by atoms with van der Waals surface area (Å²) in [6.07, 6.45) is 1.51. The predicted octanol–water partition coefficient (Wildman–Crippen LogP) is 4.67. The van der Waals surface area contributed by atoms with E-state index < -0.39 is 10.0 Å². The molecule has 7 heteroatoms. The van der Waals surface area contributed by atoms with Gasteiger partial charge in [0.1, 0.15) is 5.75 Å². The summed E-state index contributed by atoms with van der Waals surface area (Å²) in [6.45, 7) is 1.92. The van der Waals surface area contributed by atoms with E-state index in [0.717, 1.165) is 16.5 Å². The van der Waals surface area contributed by atoms with Crippen LogP contribution in [0.25, 0.3) is 6.08 Å². The molecule has 3 aromatic carbocycles. The first-order chi connectivity index (χ1) is 14.4. The molecule has 0 saturated heterocycles. The van der Waals surface area contributed by atoms with Crippen molar-refractivity contribution in [2.45, 2.75) is 6.92 Å². The van der Waals surface area contributed by atoms with Gasteiger partial charge in [0.15, 0.2) is 0 Å². The maximum absolute atomic E-state index is 12.5. The molecule has 0 heterocycles. The number of carbonyl (C=O) groups is 1. The van der Waals surface area contributed by atoms with Gasteiger partial charge >= 0.3 is 0 Å². The fraction of sp³-hybridized carbons (Fsp3) is 0.0870. The Morgan fingerprint density at radius 3 is 2.33 bits per heavy atom. The average Bonchev–Trinajstić information content (AvgIpc) is 2.73. The van der Waals surface area contributed by atoms with Crippen LogP contribution in [0.2, 0.25) is 0 Å². The third kappa shape index (κ3) is 5.71. The van der Waals surface area contributed by atoms with Crippen LogP contribution in [-0.4, -0.2) is 21.4 Å². The summed E-state index contributed by atoms with van der Waals surface area (Å²) >= 11 is 0. The summed E-state index contributed by atoms with van der Waals surface area (Å²) in [5.74, 6) is 0.237. The monoisotopic (exact) mass is 422 g/mol. The molecule has 0 radical (unpaired) electrons. The molecule has 30 heavy (non-hydrogen) atoms. The normalized spacial score (nSPS) is 11.3. The van der Waals surface area contributed by atoms with Gasteiger partial charge in [-0.15, -0.1) is 0 Å². The largest absolute Gasteiger partial charge is 0.495 e. The Kier molecular flexibility index (Phi) is 6.54. The van der Waals surface area contributed by atoms with Crippen molar-refractivity contribution < 1.29 is 17.9 Å². The van der Waals surface area contributed by atoms with Gasteiger partial charge in [-0.05, 0) is 60.5 Å². The van der Waals surface area contributed by atoms with Crippen molar-refractivity contribution in [2.24, 2.45) is 0 Å². The van der Waals surface area contributed by atoms with Crippen molar-refractivity contribution in [1.29, 1.82) is 0 Å². The molecule has 154 valence electrons. The molecule has 1 amide bonds. The van der Waals surface area contributed by atoms with Gasteiger partial charge in [0.25, 0.3) is 15.9 Å². The Balaban J connectivity index is 1.68. The highest BCUT2D eigenvalue weighted by atomic mass is 32.2. The number of amides is 1. The highest BCUT2D eigenvalue weighted by Crippen LogP contribution is 2.26. The number of carbonyl (C=O) groups excluding carboxylic acids is 1. The lowest BCUT2D eigenvalue weighted by atomic mass is 10.1. The Hall–Kier alpha value is -3.58. The molecule has 0 aromatic heterocycles. The van der Waals surface area contributed by atoms with Crippen LogP contribution in [-0.2, 0) is 10.0 Å². The van der Waals surface area contributed by atoms with Gasteiger partial charge in [0.2, 0.25) is 0 Å². The van der Waals surface area contributed by atoms with E-state index in [2.05, 4.69) is 10.0 Å². The van der Waals surface area contributed by atoms with E-state index in [4.69, 9.17) is 4.74 Å². The molecule has 0 unspecified atom stereocenters. The maximum atomic E-state index is 12.5. The first-order valence-electron chi connectivity index (χ1n) is 9.18. The van der Waals surface area contributed by atoms with Gasteiger partial charge in [0.05, 0.1) is 18.2 Å². The Bertz CT molecular complexity index is 1160. The average molecular weight is 423 g/mol. The van der Waals surface area contributed by atoms with E-state index in [1.54, 1.807) is 18.2 Å². The topological polar surface area (TPSA) is 84.5 Å². The Morgan fingerprint density at radius 1 is 0.967 bits per heavy atom. The third-order valence-corrected chi connectivity index (χ3v) is 5.26. The van der Waals surface area contributed by atoms with E-state index in [0.29, 0.717) is 22.7 Å². The number of nitrogens with one attached hydrogen (secondary N) is 2. The quantitative estimate of drug-likeness (QED) is 0.580. The highest BCUT2D eigenvalue weighted by Gasteiger charge is 2.11. The maximum Gasteiger partial charge on any atom is 0.255 e. The van der Waals surface area contributed by atoms with E-state index in [1.165, 1.54) is 25.3 Å². The minimum Gasteiger partial charge on any atom is -0.495 e. The SMILES string of the molecule is COc1ccc(C)cc1NC(=O)c1ccc(NS(=O)(=O)C=Cc2ccccc2)cc1. The second-order valence-corrected chi connectivity index (χ2v) is 8.16. The molecule has 0 fully saturated rings. The number of sulfonamides is 1. The van der Waals surface area contributed by atoms with Crippen molar-refractivity contribution in [2.75, 3.05) is 17.1 Å². The second-order valence-electron chi connectivity index (χ2n) is 6.60. The van der Waals surface area contributed by atoms with Crippen LogP contribution in [0.15, 0.2) is 78.2 Å². The number of aryl methyl sites for hydroxylation is 1. The smallest absolute Gasteiger partial charge is 0.255 e. The number of hydrogen-bond donors (Lipinski definition) is 2. The van der Waals surface area contributed by atoms with Gasteiger partial charge in [-0.1, -0.05) is 36.4 Å². The molecular formula is C23H22N2O4S. The molecule has 6 nitrogen and oxygen atoms in total. The summed E-state index contributed by atoms with van der Waals surface area (Å²) in [7, 11) is -2.14. The molecular weight excluding hydrogens is 400 g/mol. The van der Waals surface area contributed by atoms with Gasteiger partial charge in [0, 0.05) is 11.3 Å². The molecule has 0 bridgehead atoms. The van der Waals surface area contributed by atoms with Crippen molar-refractivity contribution in [3.63, 3.8) is 0 Å².